The number of halogens is 2. The quantitative estimate of drug-likeness (QED) is 0.306. The van der Waals surface area contributed by atoms with Gasteiger partial charge in [-0.25, -0.2) is 17.8 Å². The van der Waals surface area contributed by atoms with Gasteiger partial charge in [0.25, 0.3) is 0 Å². The van der Waals surface area contributed by atoms with Crippen LogP contribution in [0.15, 0.2) is 35.3 Å². The molecule has 0 atom stereocenters. The van der Waals surface area contributed by atoms with Gasteiger partial charge in [0.05, 0.1) is 12.3 Å². The Morgan fingerprint density at radius 1 is 1.41 bits per heavy atom. The SMILES string of the molecule is C=C(C)CNC(N)=NCc1cc(F)ccc1CS(C)(=O)=O.I. The zero-order valence-electron chi connectivity index (χ0n) is 12.6. The molecule has 0 aliphatic heterocycles. The van der Waals surface area contributed by atoms with E-state index in [0.717, 1.165) is 11.8 Å². The van der Waals surface area contributed by atoms with E-state index in [2.05, 4.69) is 16.9 Å². The second kappa shape index (κ2) is 9.09. The van der Waals surface area contributed by atoms with E-state index in [1.54, 1.807) is 0 Å². The summed E-state index contributed by atoms with van der Waals surface area (Å²) in [5.41, 5.74) is 7.59. The Balaban J connectivity index is 0.00000441. The molecule has 124 valence electrons. The van der Waals surface area contributed by atoms with Crippen LogP contribution >= 0.6 is 24.0 Å². The van der Waals surface area contributed by atoms with E-state index in [0.29, 0.717) is 17.7 Å². The van der Waals surface area contributed by atoms with Gasteiger partial charge in [0.15, 0.2) is 15.8 Å². The zero-order valence-corrected chi connectivity index (χ0v) is 15.7. The molecular formula is C14H21FIN3O2S. The van der Waals surface area contributed by atoms with E-state index in [-0.39, 0.29) is 42.2 Å². The van der Waals surface area contributed by atoms with E-state index < -0.39 is 15.7 Å². The summed E-state index contributed by atoms with van der Waals surface area (Å²) in [6, 6.07) is 3.96. The molecule has 1 aromatic rings. The van der Waals surface area contributed by atoms with Crippen LogP contribution in [0.3, 0.4) is 0 Å². The molecule has 0 spiro atoms. The standard InChI is InChI=1S/C14H20FN3O2S.HI/c1-10(2)7-17-14(16)18-8-12-6-13(15)5-4-11(12)9-21(3,19)20;/h4-6H,1,7-9H2,2-3H3,(H3,16,17,18);1H. The van der Waals surface area contributed by atoms with Crippen molar-refractivity contribution in [1.29, 1.82) is 0 Å². The number of aliphatic imine (C=N–C) groups is 1. The van der Waals surface area contributed by atoms with Gasteiger partial charge in [-0.2, -0.15) is 0 Å². The number of nitrogens with one attached hydrogen (secondary N) is 1. The Labute approximate surface area is 147 Å². The van der Waals surface area contributed by atoms with Crippen molar-refractivity contribution in [3.8, 4) is 0 Å². The number of sulfone groups is 1. The number of nitrogens with zero attached hydrogens (tertiary/aromatic N) is 1. The molecule has 0 unspecified atom stereocenters. The largest absolute Gasteiger partial charge is 0.370 e. The van der Waals surface area contributed by atoms with Crippen molar-refractivity contribution in [2.45, 2.75) is 19.2 Å². The fourth-order valence-corrected chi connectivity index (χ4v) is 2.48. The summed E-state index contributed by atoms with van der Waals surface area (Å²) in [6.45, 7) is 6.17. The van der Waals surface area contributed by atoms with E-state index in [1.807, 2.05) is 6.92 Å². The van der Waals surface area contributed by atoms with E-state index in [4.69, 9.17) is 5.73 Å². The molecule has 0 saturated heterocycles. The first-order chi connectivity index (χ1) is 9.67. The highest BCUT2D eigenvalue weighted by molar-refractivity contribution is 14.0. The monoisotopic (exact) mass is 441 g/mol. The molecule has 0 fully saturated rings. The smallest absolute Gasteiger partial charge is 0.189 e. The van der Waals surface area contributed by atoms with Crippen LogP contribution in [0.25, 0.3) is 0 Å². The first-order valence-electron chi connectivity index (χ1n) is 6.30. The fourth-order valence-electron chi connectivity index (χ4n) is 1.63. The topological polar surface area (TPSA) is 84.5 Å². The lowest BCUT2D eigenvalue weighted by molar-refractivity contribution is 0.600. The summed E-state index contributed by atoms with van der Waals surface area (Å²) in [4.78, 5) is 4.08. The summed E-state index contributed by atoms with van der Waals surface area (Å²) < 4.78 is 36.1. The van der Waals surface area contributed by atoms with Gasteiger partial charge in [0.2, 0.25) is 0 Å². The molecular weight excluding hydrogens is 420 g/mol. The van der Waals surface area contributed by atoms with Crippen molar-refractivity contribution in [2.75, 3.05) is 12.8 Å². The molecule has 1 rings (SSSR count). The second-order valence-corrected chi connectivity index (χ2v) is 7.14. The Bertz CT molecular complexity index is 660. The number of hydrogen-bond donors (Lipinski definition) is 2. The minimum Gasteiger partial charge on any atom is -0.370 e. The maximum atomic E-state index is 13.3. The minimum absolute atomic E-state index is 0. The Hall–Kier alpha value is -1.16. The molecule has 0 radical (unpaired) electrons. The summed E-state index contributed by atoms with van der Waals surface area (Å²) in [5, 5.41) is 2.85. The van der Waals surface area contributed by atoms with Crippen LogP contribution in [0, 0.1) is 5.82 Å². The molecule has 8 heteroatoms. The lowest BCUT2D eigenvalue weighted by Crippen LogP contribution is -2.32. The average Bonchev–Trinajstić information content (AvgIpc) is 2.35. The predicted molar refractivity (Wildman–Crippen MR) is 98.5 cm³/mol. The van der Waals surface area contributed by atoms with Crippen molar-refractivity contribution in [1.82, 2.24) is 5.32 Å². The summed E-state index contributed by atoms with van der Waals surface area (Å²) >= 11 is 0. The second-order valence-electron chi connectivity index (χ2n) is 5.00. The van der Waals surface area contributed by atoms with Crippen LogP contribution in [-0.4, -0.2) is 27.2 Å². The maximum Gasteiger partial charge on any atom is 0.189 e. The predicted octanol–water partition coefficient (Wildman–Crippen LogP) is 1.97. The van der Waals surface area contributed by atoms with Crippen LogP contribution in [-0.2, 0) is 22.1 Å². The number of nitrogens with two attached hydrogens (primary N) is 1. The summed E-state index contributed by atoms with van der Waals surface area (Å²) in [6.07, 6.45) is 1.13. The van der Waals surface area contributed by atoms with Gasteiger partial charge in [-0.15, -0.1) is 24.0 Å². The maximum absolute atomic E-state index is 13.3. The first kappa shape index (κ1) is 20.8. The van der Waals surface area contributed by atoms with Gasteiger partial charge in [-0.05, 0) is 30.2 Å². The van der Waals surface area contributed by atoms with Crippen molar-refractivity contribution in [3.05, 3.63) is 47.3 Å². The third-order valence-electron chi connectivity index (χ3n) is 2.58. The number of benzene rings is 1. The fraction of sp³-hybridized carbons (Fsp3) is 0.357. The third-order valence-corrected chi connectivity index (χ3v) is 3.41. The molecule has 0 saturated carbocycles. The summed E-state index contributed by atoms with van der Waals surface area (Å²) in [7, 11) is -3.20. The number of rotatable bonds is 6. The molecule has 22 heavy (non-hydrogen) atoms. The average molecular weight is 441 g/mol. The van der Waals surface area contributed by atoms with E-state index in [9.17, 15) is 12.8 Å². The van der Waals surface area contributed by atoms with E-state index in [1.165, 1.54) is 18.2 Å². The van der Waals surface area contributed by atoms with Gasteiger partial charge in [-0.3, -0.25) is 0 Å². The highest BCUT2D eigenvalue weighted by Gasteiger charge is 2.10. The van der Waals surface area contributed by atoms with Crippen LogP contribution in [0.1, 0.15) is 18.1 Å². The van der Waals surface area contributed by atoms with Gasteiger partial charge in [0, 0.05) is 12.8 Å². The highest BCUT2D eigenvalue weighted by atomic mass is 127. The highest BCUT2D eigenvalue weighted by Crippen LogP contribution is 2.15. The number of hydrogen-bond acceptors (Lipinski definition) is 3. The molecule has 0 bridgehead atoms. The van der Waals surface area contributed by atoms with Crippen molar-refractivity contribution in [3.63, 3.8) is 0 Å². The molecule has 3 N–H and O–H groups in total. The van der Waals surface area contributed by atoms with Gasteiger partial charge in [0.1, 0.15) is 5.82 Å². The molecule has 0 amide bonds. The summed E-state index contributed by atoms with van der Waals surface area (Å²) in [5.74, 6) is -0.393. The molecule has 0 heterocycles. The first-order valence-corrected chi connectivity index (χ1v) is 8.36. The molecule has 0 aliphatic rings. The molecule has 0 aromatic heterocycles. The van der Waals surface area contributed by atoms with Gasteiger partial charge in [-0.1, -0.05) is 18.2 Å². The Kier molecular flexibility index (Phi) is 8.61. The van der Waals surface area contributed by atoms with Crippen LogP contribution in [0.4, 0.5) is 4.39 Å². The van der Waals surface area contributed by atoms with Crippen LogP contribution in [0.2, 0.25) is 0 Å². The van der Waals surface area contributed by atoms with Gasteiger partial charge >= 0.3 is 0 Å². The Morgan fingerprint density at radius 3 is 2.59 bits per heavy atom. The zero-order chi connectivity index (χ0) is 16.0. The minimum atomic E-state index is -3.20. The number of guanidine groups is 1. The molecule has 5 nitrogen and oxygen atoms in total. The third kappa shape index (κ3) is 8.32. The Morgan fingerprint density at radius 2 is 2.05 bits per heavy atom. The van der Waals surface area contributed by atoms with Crippen LogP contribution in [0.5, 0.6) is 0 Å². The van der Waals surface area contributed by atoms with Gasteiger partial charge < -0.3 is 11.1 Å². The van der Waals surface area contributed by atoms with E-state index >= 15 is 0 Å². The van der Waals surface area contributed by atoms with Crippen molar-refractivity contribution in [2.24, 2.45) is 10.7 Å². The van der Waals surface area contributed by atoms with Crippen molar-refractivity contribution < 1.29 is 12.8 Å². The normalized spacial score (nSPS) is 11.7. The lowest BCUT2D eigenvalue weighted by atomic mass is 10.1. The molecule has 0 aliphatic carbocycles. The lowest BCUT2D eigenvalue weighted by Gasteiger charge is -2.08. The molecule has 1 aromatic carbocycles. The van der Waals surface area contributed by atoms with Crippen LogP contribution < -0.4 is 11.1 Å². The van der Waals surface area contributed by atoms with Crippen molar-refractivity contribution >= 4 is 39.8 Å².